The number of hydrogen-bond acceptors (Lipinski definition) is 5. The third-order valence-electron chi connectivity index (χ3n) is 11.3. The molecule has 2 aromatic heterocycles. The fraction of sp³-hybridized carbons (Fsp3) is 0. The molecule has 0 fully saturated rings. The van der Waals surface area contributed by atoms with Crippen molar-refractivity contribution in [1.82, 2.24) is 15.0 Å². The van der Waals surface area contributed by atoms with Crippen LogP contribution in [0.3, 0.4) is 0 Å². The van der Waals surface area contributed by atoms with Crippen LogP contribution in [0.5, 0.6) is 0 Å². The Labute approximate surface area is 359 Å². The topological polar surface area (TPSA) is 55.1 Å². The monoisotopic (exact) mass is 794 g/mol. The molecule has 0 radical (unpaired) electrons. The molecule has 0 spiro atoms. The molecule has 0 N–H and O–H groups in total. The summed E-state index contributed by atoms with van der Waals surface area (Å²) in [7, 11) is 0. The molecule has 5 nitrogen and oxygen atoms in total. The summed E-state index contributed by atoms with van der Waals surface area (Å²) in [6.45, 7) is 0. The van der Waals surface area contributed by atoms with Gasteiger partial charge in [-0.15, -0.1) is 0 Å². The Bertz CT molecular complexity index is 3260. The first-order valence-electron chi connectivity index (χ1n) is 20.8. The highest BCUT2D eigenvalue weighted by atomic mass is 16.3. The number of rotatable bonds is 9. The van der Waals surface area contributed by atoms with Gasteiger partial charge in [-0.25, -0.2) is 15.0 Å². The van der Waals surface area contributed by atoms with Gasteiger partial charge in [0, 0.05) is 44.5 Å². The van der Waals surface area contributed by atoms with Crippen LogP contribution in [0.15, 0.2) is 235 Å². The van der Waals surface area contributed by atoms with Gasteiger partial charge < -0.3 is 9.32 Å². The fourth-order valence-corrected chi connectivity index (χ4v) is 8.26. The molecule has 0 aliphatic heterocycles. The van der Waals surface area contributed by atoms with Crippen molar-refractivity contribution < 1.29 is 4.42 Å². The smallest absolute Gasteiger partial charge is 0.164 e. The van der Waals surface area contributed by atoms with Crippen molar-refractivity contribution in [2.24, 2.45) is 0 Å². The summed E-state index contributed by atoms with van der Waals surface area (Å²) in [6.07, 6.45) is 0. The highest BCUT2D eigenvalue weighted by molar-refractivity contribution is 6.12. The number of hydrogen-bond donors (Lipinski definition) is 0. The Morgan fingerprint density at radius 3 is 1.31 bits per heavy atom. The molecule has 11 aromatic rings. The molecule has 11 rings (SSSR count). The number of nitrogens with zero attached hydrogens (tertiary/aromatic N) is 4. The lowest BCUT2D eigenvalue weighted by atomic mass is 9.99. The molecule has 62 heavy (non-hydrogen) atoms. The standard InChI is InChI=1S/C57H38N4O/c1-5-15-39(16-6-1)41-27-32-47(33-28-41)61(49-24-13-23-45(37-49)40-17-7-2-8-18-40)48-34-29-42(30-35-48)46-31-36-52-51(38-46)54-50(25-14-26-53(54)62-52)57-59-55(43-19-9-3-10-20-43)58-56(60-57)44-21-11-4-12-22-44/h1-38H. The minimum absolute atomic E-state index is 0.592. The summed E-state index contributed by atoms with van der Waals surface area (Å²) < 4.78 is 6.48. The van der Waals surface area contributed by atoms with Crippen molar-refractivity contribution in [3.8, 4) is 67.5 Å². The Kier molecular flexibility index (Phi) is 9.45. The van der Waals surface area contributed by atoms with Gasteiger partial charge in [0.15, 0.2) is 17.5 Å². The highest BCUT2D eigenvalue weighted by Gasteiger charge is 2.19. The van der Waals surface area contributed by atoms with Crippen molar-refractivity contribution in [3.63, 3.8) is 0 Å². The summed E-state index contributed by atoms with van der Waals surface area (Å²) in [6, 6.07) is 80.1. The van der Waals surface area contributed by atoms with E-state index >= 15 is 0 Å². The van der Waals surface area contributed by atoms with E-state index < -0.39 is 0 Å². The number of anilines is 3. The van der Waals surface area contributed by atoms with E-state index in [0.717, 1.165) is 72.4 Å². The van der Waals surface area contributed by atoms with Crippen molar-refractivity contribution in [2.45, 2.75) is 0 Å². The average Bonchev–Trinajstić information content (AvgIpc) is 3.74. The van der Waals surface area contributed by atoms with E-state index in [9.17, 15) is 0 Å². The Balaban J connectivity index is 0.994. The van der Waals surface area contributed by atoms with E-state index in [1.807, 2.05) is 72.8 Å². The zero-order valence-corrected chi connectivity index (χ0v) is 33.6. The van der Waals surface area contributed by atoms with E-state index in [4.69, 9.17) is 19.4 Å². The first kappa shape index (κ1) is 36.7. The molecule has 0 saturated carbocycles. The second-order valence-corrected chi connectivity index (χ2v) is 15.2. The van der Waals surface area contributed by atoms with Gasteiger partial charge in [0.2, 0.25) is 0 Å². The average molecular weight is 795 g/mol. The second-order valence-electron chi connectivity index (χ2n) is 15.2. The van der Waals surface area contributed by atoms with Crippen LogP contribution < -0.4 is 4.90 Å². The first-order valence-corrected chi connectivity index (χ1v) is 20.8. The summed E-state index contributed by atoms with van der Waals surface area (Å²) in [5.41, 5.74) is 14.4. The van der Waals surface area contributed by atoms with Gasteiger partial charge in [0.25, 0.3) is 0 Å². The van der Waals surface area contributed by atoms with Gasteiger partial charge in [-0.1, -0.05) is 176 Å². The van der Waals surface area contributed by atoms with Crippen molar-refractivity contribution >= 4 is 39.0 Å². The molecule has 5 heteroatoms. The SMILES string of the molecule is c1ccc(-c2ccc(N(c3ccc(-c4ccc5oc6cccc(-c7nc(-c8ccccc8)nc(-c8ccccc8)n7)c6c5c4)cc3)c3cccc(-c4ccccc4)c3)cc2)cc1. The molecule has 0 aliphatic rings. The van der Waals surface area contributed by atoms with E-state index in [1.54, 1.807) is 0 Å². The predicted octanol–water partition coefficient (Wildman–Crippen LogP) is 15.2. The Morgan fingerprint density at radius 1 is 0.290 bits per heavy atom. The molecule has 0 saturated heterocycles. The minimum atomic E-state index is 0.592. The lowest BCUT2D eigenvalue weighted by Gasteiger charge is -2.26. The molecule has 292 valence electrons. The zero-order valence-electron chi connectivity index (χ0n) is 33.6. The maximum absolute atomic E-state index is 6.48. The van der Waals surface area contributed by atoms with Crippen molar-refractivity contribution in [3.05, 3.63) is 231 Å². The van der Waals surface area contributed by atoms with Crippen LogP contribution in [-0.4, -0.2) is 15.0 Å². The van der Waals surface area contributed by atoms with Crippen molar-refractivity contribution in [2.75, 3.05) is 4.90 Å². The van der Waals surface area contributed by atoms with Crippen LogP contribution in [0.2, 0.25) is 0 Å². The maximum Gasteiger partial charge on any atom is 0.164 e. The highest BCUT2D eigenvalue weighted by Crippen LogP contribution is 2.41. The normalized spacial score (nSPS) is 11.2. The van der Waals surface area contributed by atoms with Crippen LogP contribution in [0, 0.1) is 0 Å². The molecular weight excluding hydrogens is 757 g/mol. The lowest BCUT2D eigenvalue weighted by Crippen LogP contribution is -2.10. The second kappa shape index (κ2) is 16.0. The molecule has 0 unspecified atom stereocenters. The van der Waals surface area contributed by atoms with Gasteiger partial charge in [0.05, 0.1) is 0 Å². The number of furan rings is 1. The van der Waals surface area contributed by atoms with Crippen LogP contribution in [0.4, 0.5) is 17.1 Å². The third-order valence-corrected chi connectivity index (χ3v) is 11.3. The maximum atomic E-state index is 6.48. The van der Waals surface area contributed by atoms with E-state index in [1.165, 1.54) is 16.7 Å². The molecule has 9 aromatic carbocycles. The predicted molar refractivity (Wildman–Crippen MR) is 254 cm³/mol. The third kappa shape index (κ3) is 7.08. The van der Waals surface area contributed by atoms with Crippen LogP contribution in [-0.2, 0) is 0 Å². The van der Waals surface area contributed by atoms with Crippen LogP contribution in [0.25, 0.3) is 89.5 Å². The number of benzene rings is 9. The lowest BCUT2D eigenvalue weighted by molar-refractivity contribution is 0.669. The van der Waals surface area contributed by atoms with E-state index in [2.05, 4.69) is 163 Å². The summed E-state index contributed by atoms with van der Waals surface area (Å²) in [4.78, 5) is 17.4. The Morgan fingerprint density at radius 2 is 0.726 bits per heavy atom. The minimum Gasteiger partial charge on any atom is -0.456 e. The summed E-state index contributed by atoms with van der Waals surface area (Å²) in [5, 5.41) is 1.96. The fourth-order valence-electron chi connectivity index (χ4n) is 8.26. The zero-order chi connectivity index (χ0) is 41.2. The van der Waals surface area contributed by atoms with Gasteiger partial charge in [-0.3, -0.25) is 0 Å². The molecule has 0 bridgehead atoms. The molecule has 0 atom stereocenters. The van der Waals surface area contributed by atoms with Gasteiger partial charge >= 0.3 is 0 Å². The van der Waals surface area contributed by atoms with Gasteiger partial charge in [-0.05, 0) is 88.0 Å². The number of aromatic nitrogens is 3. The van der Waals surface area contributed by atoms with Gasteiger partial charge in [0.1, 0.15) is 11.2 Å². The molecule has 0 amide bonds. The summed E-state index contributed by atoms with van der Waals surface area (Å²) >= 11 is 0. The van der Waals surface area contributed by atoms with E-state index in [0.29, 0.717) is 17.5 Å². The quantitative estimate of drug-likeness (QED) is 0.146. The van der Waals surface area contributed by atoms with Crippen molar-refractivity contribution in [1.29, 1.82) is 0 Å². The summed E-state index contributed by atoms with van der Waals surface area (Å²) in [5.74, 6) is 1.83. The number of fused-ring (bicyclic) bond motifs is 3. The van der Waals surface area contributed by atoms with Crippen LogP contribution in [0.1, 0.15) is 0 Å². The van der Waals surface area contributed by atoms with Gasteiger partial charge in [-0.2, -0.15) is 0 Å². The molecule has 2 heterocycles. The largest absolute Gasteiger partial charge is 0.456 e. The molecule has 0 aliphatic carbocycles. The molecular formula is C57H38N4O. The Hall–Kier alpha value is -8.41. The van der Waals surface area contributed by atoms with E-state index in [-0.39, 0.29) is 0 Å². The first-order chi connectivity index (χ1) is 30.7. The van der Waals surface area contributed by atoms with Crippen LogP contribution >= 0.6 is 0 Å².